The molecule has 0 aliphatic carbocycles. The molecule has 0 unspecified atom stereocenters. The Bertz CT molecular complexity index is 16.2. The van der Waals surface area contributed by atoms with Crippen molar-refractivity contribution in [3.05, 3.63) is 0 Å². The molecule has 0 aliphatic rings. The van der Waals surface area contributed by atoms with Gasteiger partial charge in [-0.25, -0.2) is 0 Å². The second-order valence-electron chi connectivity index (χ2n) is 0. The van der Waals surface area contributed by atoms with Gasteiger partial charge in [-0.1, -0.05) is 0 Å². The van der Waals surface area contributed by atoms with Gasteiger partial charge in [-0.05, 0) is 0 Å². The van der Waals surface area contributed by atoms with E-state index in [0.29, 0.717) is 0 Å². The van der Waals surface area contributed by atoms with Crippen molar-refractivity contribution in [2.24, 2.45) is 0 Å². The Morgan fingerprint density at radius 2 is 0.100 bits per heavy atom. The summed E-state index contributed by atoms with van der Waals surface area (Å²) in [6, 6.07) is 0. The summed E-state index contributed by atoms with van der Waals surface area (Å²) in [6.07, 6.45) is 0. The topological polar surface area (TPSA) is 472 Å². The molecule has 0 aromatic heterocycles. The summed E-state index contributed by atoms with van der Waals surface area (Å²) in [4.78, 5) is 0. The fourth-order valence-corrected chi connectivity index (χ4v) is 0. The summed E-state index contributed by atoms with van der Waals surface area (Å²) >= 11 is 0. The zero-order valence-corrected chi connectivity index (χ0v) is 7.50. The highest BCUT2D eigenvalue weighted by Crippen LogP contribution is -0.275. The van der Waals surface area contributed by atoms with E-state index in [1.165, 1.54) is 0 Å². The lowest BCUT2D eigenvalue weighted by atomic mass is 16.0. The number of hydrogen-bond acceptors (Lipinski definition) is 0. The average Bonchev–Trinajstić information content (AvgIpc) is 0. The Morgan fingerprint density at radius 1 is 0.100 bits per heavy atom. The van der Waals surface area contributed by atoms with E-state index >= 15 is 0 Å². The summed E-state index contributed by atoms with van der Waals surface area (Å²) < 4.78 is 0. The maximum absolute atomic E-state index is 0. The Morgan fingerprint density at radius 3 is 0.100 bits per heavy atom. The molecule has 0 radical (unpaired) electrons. The van der Waals surface area contributed by atoms with Crippen LogP contribution < -0.4 is 0 Å². The van der Waals surface area contributed by atoms with Gasteiger partial charge in [0.05, 0.1) is 0 Å². The lowest BCUT2D eigenvalue weighted by molar-refractivity contribution is 0.823. The molecule has 30 N–H and O–H groups in total. The van der Waals surface area contributed by atoms with E-state index < -0.39 is 0 Å². The molecule has 0 heterocycles. The van der Waals surface area contributed by atoms with Gasteiger partial charge in [0.1, 0.15) is 0 Å². The van der Waals surface area contributed by atoms with Gasteiger partial charge in [-0.3, -0.25) is 0 Å². The molecule has 0 atom stereocenters. The summed E-state index contributed by atoms with van der Waals surface area (Å²) in [6.45, 7) is 0. The van der Waals surface area contributed by atoms with Gasteiger partial charge < -0.3 is 82.1 Å². The van der Waals surface area contributed by atoms with Crippen LogP contribution >= 0.6 is 0 Å². The van der Waals surface area contributed by atoms with Crippen LogP contribution in [0, 0.1) is 0 Å². The summed E-state index contributed by atoms with van der Waals surface area (Å²) in [5.41, 5.74) is 0. The van der Waals surface area contributed by atoms with Crippen LogP contribution in [0.3, 0.4) is 0 Å². The zero-order valence-electron chi connectivity index (χ0n) is 7.50. The molecule has 0 bridgehead atoms. The van der Waals surface area contributed by atoms with E-state index in [-0.39, 0.29) is 197 Å². The molecular weight excluding hydrogens is 362 g/mol. The third-order valence-corrected chi connectivity index (χ3v) is 0. The predicted molar refractivity (Wildman–Crippen MR) is 96.9 cm³/mol. The third-order valence-electron chi connectivity index (χ3n) is 0. The maximum atomic E-state index is 0. The van der Waals surface area contributed by atoms with E-state index in [0.717, 1.165) is 0 Å². The van der Waals surface area contributed by atoms with Crippen molar-refractivity contribution in [2.45, 2.75) is 0 Å². The van der Waals surface area contributed by atoms with Gasteiger partial charge in [-0.2, -0.15) is 0 Å². The summed E-state index contributed by atoms with van der Waals surface area (Å²) in [5.74, 6) is 0. The first-order valence-corrected chi connectivity index (χ1v) is 0. The minimum Gasteiger partial charge on any atom is -0.412 e. The maximum Gasteiger partial charge on any atom is 0.316 e. The highest BCUT2D eigenvalue weighted by molar-refractivity contribution is 5.76. The van der Waals surface area contributed by atoms with Gasteiger partial charge in [0.25, 0.3) is 0 Å². The molecule has 15 nitrogen and oxygen atoms in total. The van der Waals surface area contributed by atoms with E-state index in [1.54, 1.807) is 0 Å². The third kappa shape index (κ3) is 832. The minimum absolute atomic E-state index is 0. The molecule has 0 spiro atoms. The normalized spacial score (nSPS) is 0. The van der Waals surface area contributed by atoms with Gasteiger partial charge in [0.2, 0.25) is 0 Å². The SMILES string of the molecule is O.O.O.O.O.O.O.O.O.O.O.O.O.O.O.[MgH2].[MgH2].[MgH2].[MgH2].[MgH2]. The minimum atomic E-state index is 0. The van der Waals surface area contributed by atoms with Crippen molar-refractivity contribution in [2.75, 3.05) is 0 Å². The second-order valence-corrected chi connectivity index (χ2v) is 0. The second kappa shape index (κ2) is 960. The monoisotopic (exact) mass is 400 g/mol. The van der Waals surface area contributed by atoms with Crippen LogP contribution in [0.25, 0.3) is 0 Å². The first kappa shape index (κ1) is 1100. The van der Waals surface area contributed by atoms with Crippen molar-refractivity contribution >= 4 is 115 Å². The molecule has 20 heavy (non-hydrogen) atoms. The molecule has 0 saturated carbocycles. The molecule has 0 rings (SSSR count). The first-order chi connectivity index (χ1) is 0. The van der Waals surface area contributed by atoms with Crippen LogP contribution in [-0.2, 0) is 0 Å². The van der Waals surface area contributed by atoms with Crippen LogP contribution in [0.2, 0.25) is 0 Å². The van der Waals surface area contributed by atoms with E-state index in [1.807, 2.05) is 0 Å². The average molecular weight is 402 g/mol. The van der Waals surface area contributed by atoms with Crippen LogP contribution in [0.5, 0.6) is 0 Å². The molecule has 0 fully saturated rings. The van der Waals surface area contributed by atoms with Crippen LogP contribution in [0.1, 0.15) is 0 Å². The number of hydrogen-bond donors (Lipinski definition) is 0. The highest BCUT2D eigenvalue weighted by atomic mass is 24.3. The van der Waals surface area contributed by atoms with Gasteiger partial charge in [-0.15, -0.1) is 0 Å². The molecule has 140 valence electrons. The molecule has 20 heteroatoms. The Hall–Kier alpha value is 3.23. The van der Waals surface area contributed by atoms with Crippen LogP contribution in [-0.4, -0.2) is 197 Å². The van der Waals surface area contributed by atoms with Crippen molar-refractivity contribution in [3.8, 4) is 0 Å². The molecule has 0 amide bonds. The fourth-order valence-electron chi connectivity index (χ4n) is 0. The van der Waals surface area contributed by atoms with Gasteiger partial charge in [0, 0.05) is 0 Å². The first-order valence-electron chi connectivity index (χ1n) is 0. The highest BCUT2D eigenvalue weighted by Gasteiger charge is 0.320. The van der Waals surface area contributed by atoms with Crippen molar-refractivity contribution in [1.29, 1.82) is 0 Å². The Kier molecular flexibility index (Phi) is 52800. The number of rotatable bonds is 0. The van der Waals surface area contributed by atoms with E-state index in [2.05, 4.69) is 0 Å². The summed E-state index contributed by atoms with van der Waals surface area (Å²) in [7, 11) is 0. The van der Waals surface area contributed by atoms with Crippen molar-refractivity contribution < 1.29 is 82.1 Å². The van der Waals surface area contributed by atoms with Crippen molar-refractivity contribution in [1.82, 2.24) is 0 Å². The van der Waals surface area contributed by atoms with E-state index in [9.17, 15) is 0 Å². The molecule has 0 aromatic carbocycles. The van der Waals surface area contributed by atoms with Crippen LogP contribution in [0.15, 0.2) is 0 Å². The quantitative estimate of drug-likeness (QED) is 0.341. The Labute approximate surface area is 195 Å². The largest absolute Gasteiger partial charge is 0.412 e. The standard InChI is InChI=1S/5Mg.15H2O.10H/h;;;;;15*1H2;;;;;;;;;;. The zero-order chi connectivity index (χ0) is 0. The molecular formula is H40Mg5O15. The van der Waals surface area contributed by atoms with Gasteiger partial charge in [0.15, 0.2) is 0 Å². The Balaban J connectivity index is 0. The summed E-state index contributed by atoms with van der Waals surface area (Å²) in [5, 5.41) is 0. The lowest BCUT2D eigenvalue weighted by Crippen LogP contribution is -0.382. The van der Waals surface area contributed by atoms with Gasteiger partial charge >= 0.3 is 115 Å². The smallest absolute Gasteiger partial charge is 0.316 e. The lowest BCUT2D eigenvalue weighted by Gasteiger charge is -0.413. The van der Waals surface area contributed by atoms with Crippen molar-refractivity contribution in [3.63, 3.8) is 0 Å². The van der Waals surface area contributed by atoms with E-state index in [4.69, 9.17) is 0 Å². The predicted octanol–water partition coefficient (Wildman–Crippen LogP) is -17.0. The van der Waals surface area contributed by atoms with Crippen LogP contribution in [0.4, 0.5) is 0 Å². The molecule has 0 aliphatic heterocycles. The fraction of sp³-hybridized carbons (Fsp3) is 0. The molecule has 0 aromatic rings. The molecule has 0 saturated heterocycles.